The summed E-state index contributed by atoms with van der Waals surface area (Å²) in [5.74, 6) is 0.112. The number of nitrogens with one attached hydrogen (secondary N) is 1. The van der Waals surface area contributed by atoms with E-state index in [1.54, 1.807) is 37.3 Å². The first-order chi connectivity index (χ1) is 14.3. The molecule has 1 aliphatic rings. The summed E-state index contributed by atoms with van der Waals surface area (Å²) in [6, 6.07) is 9.64. The Morgan fingerprint density at radius 2 is 1.90 bits per heavy atom. The number of halogens is 2. The van der Waals surface area contributed by atoms with Crippen molar-refractivity contribution in [3.63, 3.8) is 0 Å². The van der Waals surface area contributed by atoms with Gasteiger partial charge in [0.1, 0.15) is 5.75 Å². The number of ether oxygens (including phenoxy) is 2. The first kappa shape index (κ1) is 22.8. The quantitative estimate of drug-likeness (QED) is 0.669. The Kier molecular flexibility index (Phi) is 7.60. The van der Waals surface area contributed by atoms with Crippen molar-refractivity contribution in [2.75, 3.05) is 32.9 Å². The number of aryl methyl sites for hydroxylation is 1. The molecule has 0 aromatic heterocycles. The van der Waals surface area contributed by atoms with Gasteiger partial charge in [-0.3, -0.25) is 4.79 Å². The van der Waals surface area contributed by atoms with E-state index in [0.717, 1.165) is 5.56 Å². The third kappa shape index (κ3) is 5.65. The second-order valence-corrected chi connectivity index (χ2v) is 9.53. The molecule has 30 heavy (non-hydrogen) atoms. The monoisotopic (exact) mass is 472 g/mol. The first-order valence-corrected chi connectivity index (χ1v) is 11.5. The van der Waals surface area contributed by atoms with Crippen molar-refractivity contribution in [3.8, 4) is 5.75 Å². The molecule has 1 heterocycles. The predicted molar refractivity (Wildman–Crippen MR) is 115 cm³/mol. The summed E-state index contributed by atoms with van der Waals surface area (Å²) >= 11 is 11.9. The minimum atomic E-state index is -3.58. The highest BCUT2D eigenvalue weighted by molar-refractivity contribution is 7.89. The lowest BCUT2D eigenvalue weighted by Crippen LogP contribution is -2.40. The van der Waals surface area contributed by atoms with Gasteiger partial charge in [0.25, 0.3) is 5.91 Å². The van der Waals surface area contributed by atoms with Crippen LogP contribution in [0.25, 0.3) is 0 Å². The number of amides is 1. The molecule has 1 aliphatic heterocycles. The van der Waals surface area contributed by atoms with Crippen LogP contribution in [0.5, 0.6) is 5.75 Å². The molecule has 1 N–H and O–H groups in total. The molecule has 0 unspecified atom stereocenters. The van der Waals surface area contributed by atoms with Gasteiger partial charge < -0.3 is 14.8 Å². The van der Waals surface area contributed by atoms with Crippen LogP contribution in [0.15, 0.2) is 41.3 Å². The lowest BCUT2D eigenvalue weighted by Gasteiger charge is -2.26. The third-order valence-corrected chi connectivity index (χ3v) is 7.09. The number of hydrogen-bond donors (Lipinski definition) is 1. The van der Waals surface area contributed by atoms with E-state index in [1.165, 1.54) is 10.4 Å². The number of morpholine rings is 1. The van der Waals surface area contributed by atoms with Crippen LogP contribution >= 0.6 is 23.2 Å². The SMILES string of the molecule is Cc1cc(S(=O)(=O)N2CCOCC2)ccc1OCC(=O)NCc1ccc(Cl)cc1Cl. The van der Waals surface area contributed by atoms with Crippen molar-refractivity contribution in [2.45, 2.75) is 18.4 Å². The van der Waals surface area contributed by atoms with Crippen LogP contribution in [-0.4, -0.2) is 51.5 Å². The molecule has 2 aromatic rings. The van der Waals surface area contributed by atoms with Crippen molar-refractivity contribution >= 4 is 39.1 Å². The molecule has 0 radical (unpaired) electrons. The van der Waals surface area contributed by atoms with Gasteiger partial charge in [0, 0.05) is 29.7 Å². The molecule has 3 rings (SSSR count). The second-order valence-electron chi connectivity index (χ2n) is 6.74. The van der Waals surface area contributed by atoms with Crippen molar-refractivity contribution in [3.05, 3.63) is 57.6 Å². The Bertz CT molecular complexity index is 1020. The van der Waals surface area contributed by atoms with Crippen LogP contribution in [0.1, 0.15) is 11.1 Å². The van der Waals surface area contributed by atoms with E-state index in [-0.39, 0.29) is 24.0 Å². The maximum absolute atomic E-state index is 12.7. The zero-order valence-electron chi connectivity index (χ0n) is 16.4. The summed E-state index contributed by atoms with van der Waals surface area (Å²) in [5, 5.41) is 3.71. The van der Waals surface area contributed by atoms with E-state index in [1.807, 2.05) is 0 Å². The molecule has 0 bridgehead atoms. The highest BCUT2D eigenvalue weighted by Gasteiger charge is 2.26. The predicted octanol–water partition coefficient (Wildman–Crippen LogP) is 3.02. The zero-order chi connectivity index (χ0) is 21.7. The molecule has 0 atom stereocenters. The van der Waals surface area contributed by atoms with Crippen LogP contribution in [0.3, 0.4) is 0 Å². The minimum absolute atomic E-state index is 0.191. The van der Waals surface area contributed by atoms with Gasteiger partial charge in [0.2, 0.25) is 10.0 Å². The van der Waals surface area contributed by atoms with Crippen molar-refractivity contribution < 1.29 is 22.7 Å². The van der Waals surface area contributed by atoms with Gasteiger partial charge in [-0.2, -0.15) is 4.31 Å². The van der Waals surface area contributed by atoms with Crippen LogP contribution in [0.4, 0.5) is 0 Å². The normalized spacial score (nSPS) is 15.0. The highest BCUT2D eigenvalue weighted by atomic mass is 35.5. The van der Waals surface area contributed by atoms with E-state index < -0.39 is 10.0 Å². The summed E-state index contributed by atoms with van der Waals surface area (Å²) in [7, 11) is -3.58. The Hall–Kier alpha value is -1.84. The van der Waals surface area contributed by atoms with E-state index >= 15 is 0 Å². The third-order valence-electron chi connectivity index (χ3n) is 4.60. The van der Waals surface area contributed by atoms with E-state index in [0.29, 0.717) is 47.7 Å². The Morgan fingerprint density at radius 1 is 1.17 bits per heavy atom. The van der Waals surface area contributed by atoms with Gasteiger partial charge >= 0.3 is 0 Å². The highest BCUT2D eigenvalue weighted by Crippen LogP contribution is 2.25. The number of nitrogens with zero attached hydrogens (tertiary/aromatic N) is 1. The van der Waals surface area contributed by atoms with Crippen molar-refractivity contribution in [1.82, 2.24) is 9.62 Å². The number of sulfonamides is 1. The van der Waals surface area contributed by atoms with Gasteiger partial charge in [0.15, 0.2) is 6.61 Å². The van der Waals surface area contributed by atoms with Crippen LogP contribution in [0.2, 0.25) is 10.0 Å². The molecular weight excluding hydrogens is 451 g/mol. The minimum Gasteiger partial charge on any atom is -0.484 e. The van der Waals surface area contributed by atoms with Crippen molar-refractivity contribution in [2.24, 2.45) is 0 Å². The molecule has 1 fully saturated rings. The van der Waals surface area contributed by atoms with E-state index in [2.05, 4.69) is 5.32 Å². The number of carbonyl (C=O) groups excluding carboxylic acids is 1. The molecule has 1 amide bonds. The number of benzene rings is 2. The van der Waals surface area contributed by atoms with Gasteiger partial charge in [-0.1, -0.05) is 29.3 Å². The standard InChI is InChI=1S/C20H22Cl2N2O5S/c1-14-10-17(30(26,27)24-6-8-28-9-7-24)4-5-19(14)29-13-20(25)23-12-15-2-3-16(21)11-18(15)22/h2-5,10-11H,6-9,12-13H2,1H3,(H,23,25). The van der Waals surface area contributed by atoms with Crippen LogP contribution < -0.4 is 10.1 Å². The van der Waals surface area contributed by atoms with Gasteiger partial charge in [-0.05, 0) is 48.4 Å². The van der Waals surface area contributed by atoms with Gasteiger partial charge in [-0.25, -0.2) is 8.42 Å². The average molecular weight is 473 g/mol. The second kappa shape index (κ2) is 9.98. The fourth-order valence-electron chi connectivity index (χ4n) is 2.93. The van der Waals surface area contributed by atoms with Crippen LogP contribution in [-0.2, 0) is 26.1 Å². The number of hydrogen-bond acceptors (Lipinski definition) is 5. The lowest BCUT2D eigenvalue weighted by atomic mass is 10.2. The van der Waals surface area contributed by atoms with Crippen LogP contribution in [0, 0.1) is 6.92 Å². The lowest BCUT2D eigenvalue weighted by molar-refractivity contribution is -0.123. The summed E-state index contributed by atoms with van der Waals surface area (Å²) < 4.78 is 37.6. The molecule has 2 aromatic carbocycles. The maximum atomic E-state index is 12.7. The molecule has 0 aliphatic carbocycles. The molecule has 10 heteroatoms. The average Bonchev–Trinajstić information content (AvgIpc) is 2.72. The van der Waals surface area contributed by atoms with E-state index in [9.17, 15) is 13.2 Å². The molecule has 0 spiro atoms. The fourth-order valence-corrected chi connectivity index (χ4v) is 4.90. The van der Waals surface area contributed by atoms with E-state index in [4.69, 9.17) is 32.7 Å². The Morgan fingerprint density at radius 3 is 2.57 bits per heavy atom. The molecule has 7 nitrogen and oxygen atoms in total. The molecular formula is C20H22Cl2N2O5S. The zero-order valence-corrected chi connectivity index (χ0v) is 18.7. The van der Waals surface area contributed by atoms with Gasteiger partial charge in [0.05, 0.1) is 18.1 Å². The van der Waals surface area contributed by atoms with Gasteiger partial charge in [-0.15, -0.1) is 0 Å². The summed E-state index contributed by atoms with van der Waals surface area (Å²) in [6.45, 7) is 3.20. The number of rotatable bonds is 7. The Balaban J connectivity index is 1.57. The molecule has 162 valence electrons. The summed E-state index contributed by atoms with van der Waals surface area (Å²) in [5.41, 5.74) is 1.36. The first-order valence-electron chi connectivity index (χ1n) is 9.29. The van der Waals surface area contributed by atoms with Crippen molar-refractivity contribution in [1.29, 1.82) is 0 Å². The number of carbonyl (C=O) groups is 1. The fraction of sp³-hybridized carbons (Fsp3) is 0.350. The molecule has 0 saturated carbocycles. The summed E-state index contributed by atoms with van der Waals surface area (Å²) in [4.78, 5) is 12.3. The topological polar surface area (TPSA) is 84.9 Å². The molecule has 1 saturated heterocycles. The smallest absolute Gasteiger partial charge is 0.258 e. The summed E-state index contributed by atoms with van der Waals surface area (Å²) in [6.07, 6.45) is 0. The largest absolute Gasteiger partial charge is 0.484 e. The Labute approximate surface area is 185 Å². The maximum Gasteiger partial charge on any atom is 0.258 e.